The number of rotatable bonds is 3. The standard InChI is InChI=1S/C17H23NO/c1-12-10-11-13(2)18(12)16-9-7-6-8-15(16)14(3)17(4,5)19/h6-11,14,19H,1-5H3. The highest BCUT2D eigenvalue weighted by molar-refractivity contribution is 5.47. The van der Waals surface area contributed by atoms with Crippen molar-refractivity contribution in [2.45, 2.75) is 46.1 Å². The SMILES string of the molecule is Cc1ccc(C)n1-c1ccccc1C(C)C(C)(C)O. The van der Waals surface area contributed by atoms with E-state index in [0.717, 1.165) is 5.69 Å². The van der Waals surface area contributed by atoms with Crippen LogP contribution in [0.4, 0.5) is 0 Å². The minimum absolute atomic E-state index is 0.0740. The fraction of sp³-hybridized carbons (Fsp3) is 0.412. The van der Waals surface area contributed by atoms with Crippen molar-refractivity contribution in [3.05, 3.63) is 53.3 Å². The third kappa shape index (κ3) is 2.59. The maximum atomic E-state index is 10.3. The molecule has 0 aliphatic carbocycles. The number of hydrogen-bond donors (Lipinski definition) is 1. The molecule has 0 saturated heterocycles. The van der Waals surface area contributed by atoms with Crippen molar-refractivity contribution in [2.24, 2.45) is 0 Å². The van der Waals surface area contributed by atoms with E-state index in [9.17, 15) is 5.11 Å². The van der Waals surface area contributed by atoms with E-state index in [0.29, 0.717) is 0 Å². The fourth-order valence-corrected chi connectivity index (χ4v) is 2.49. The van der Waals surface area contributed by atoms with Crippen LogP contribution in [0, 0.1) is 13.8 Å². The Morgan fingerprint density at radius 3 is 2.05 bits per heavy atom. The molecular weight excluding hydrogens is 234 g/mol. The first kappa shape index (κ1) is 13.9. The Morgan fingerprint density at radius 1 is 1.00 bits per heavy atom. The van der Waals surface area contributed by atoms with Crippen molar-refractivity contribution in [1.82, 2.24) is 4.57 Å². The topological polar surface area (TPSA) is 25.2 Å². The van der Waals surface area contributed by atoms with Crippen molar-refractivity contribution < 1.29 is 5.11 Å². The molecule has 0 radical (unpaired) electrons. The van der Waals surface area contributed by atoms with E-state index in [1.165, 1.54) is 17.0 Å². The summed E-state index contributed by atoms with van der Waals surface area (Å²) in [5.41, 5.74) is 4.04. The van der Waals surface area contributed by atoms with Gasteiger partial charge in [-0.2, -0.15) is 0 Å². The van der Waals surface area contributed by atoms with Crippen LogP contribution < -0.4 is 0 Å². The van der Waals surface area contributed by atoms with Gasteiger partial charge in [-0.1, -0.05) is 25.1 Å². The van der Waals surface area contributed by atoms with Gasteiger partial charge in [0.05, 0.1) is 5.60 Å². The molecule has 2 nitrogen and oxygen atoms in total. The van der Waals surface area contributed by atoms with Gasteiger partial charge in [0.2, 0.25) is 0 Å². The maximum absolute atomic E-state index is 10.3. The number of aromatic nitrogens is 1. The first-order valence-electron chi connectivity index (χ1n) is 6.79. The lowest BCUT2D eigenvalue weighted by atomic mass is 9.85. The number of benzene rings is 1. The van der Waals surface area contributed by atoms with E-state index in [1.54, 1.807) is 0 Å². The van der Waals surface area contributed by atoms with E-state index in [1.807, 2.05) is 19.9 Å². The summed E-state index contributed by atoms with van der Waals surface area (Å²) in [5.74, 6) is 0.0740. The molecule has 1 unspecified atom stereocenters. The van der Waals surface area contributed by atoms with Gasteiger partial charge in [-0.25, -0.2) is 0 Å². The molecule has 102 valence electrons. The van der Waals surface area contributed by atoms with Gasteiger partial charge >= 0.3 is 0 Å². The third-order valence-corrected chi connectivity index (χ3v) is 3.97. The lowest BCUT2D eigenvalue weighted by Gasteiger charge is -2.28. The molecule has 19 heavy (non-hydrogen) atoms. The van der Waals surface area contributed by atoms with E-state index >= 15 is 0 Å². The zero-order valence-electron chi connectivity index (χ0n) is 12.4. The largest absolute Gasteiger partial charge is 0.390 e. The molecule has 2 aromatic rings. The van der Waals surface area contributed by atoms with Gasteiger partial charge in [0.25, 0.3) is 0 Å². The summed E-state index contributed by atoms with van der Waals surface area (Å²) in [6.45, 7) is 10.0. The van der Waals surface area contributed by atoms with E-state index in [-0.39, 0.29) is 5.92 Å². The summed E-state index contributed by atoms with van der Waals surface area (Å²) in [5, 5.41) is 10.3. The van der Waals surface area contributed by atoms with Crippen molar-refractivity contribution in [3.8, 4) is 5.69 Å². The summed E-state index contributed by atoms with van der Waals surface area (Å²) in [7, 11) is 0. The molecule has 1 atom stereocenters. The Hall–Kier alpha value is -1.54. The number of para-hydroxylation sites is 1. The van der Waals surface area contributed by atoms with Crippen molar-refractivity contribution in [3.63, 3.8) is 0 Å². The van der Waals surface area contributed by atoms with Crippen LogP contribution in [0.15, 0.2) is 36.4 Å². The zero-order chi connectivity index (χ0) is 14.2. The number of nitrogens with zero attached hydrogens (tertiary/aromatic N) is 1. The number of aliphatic hydroxyl groups is 1. The summed E-state index contributed by atoms with van der Waals surface area (Å²) in [4.78, 5) is 0. The average molecular weight is 257 g/mol. The van der Waals surface area contributed by atoms with Crippen LogP contribution in [0.2, 0.25) is 0 Å². The van der Waals surface area contributed by atoms with Gasteiger partial charge in [-0.05, 0) is 51.5 Å². The van der Waals surface area contributed by atoms with Gasteiger partial charge < -0.3 is 9.67 Å². The quantitative estimate of drug-likeness (QED) is 0.884. The highest BCUT2D eigenvalue weighted by Gasteiger charge is 2.26. The first-order valence-corrected chi connectivity index (χ1v) is 6.79. The highest BCUT2D eigenvalue weighted by atomic mass is 16.3. The number of aryl methyl sites for hydroxylation is 2. The third-order valence-electron chi connectivity index (χ3n) is 3.97. The van der Waals surface area contributed by atoms with Gasteiger partial charge in [0, 0.05) is 23.0 Å². The summed E-state index contributed by atoms with van der Waals surface area (Å²) in [6.07, 6.45) is 0. The first-order chi connectivity index (χ1) is 8.82. The lowest BCUT2D eigenvalue weighted by molar-refractivity contribution is 0.0558. The average Bonchev–Trinajstić information content (AvgIpc) is 2.67. The molecule has 0 amide bonds. The molecule has 2 heteroatoms. The molecule has 2 rings (SSSR count). The minimum atomic E-state index is -0.731. The molecule has 0 bridgehead atoms. The van der Waals surface area contributed by atoms with Crippen molar-refractivity contribution >= 4 is 0 Å². The molecule has 1 aromatic carbocycles. The predicted molar refractivity (Wildman–Crippen MR) is 80.0 cm³/mol. The predicted octanol–water partition coefficient (Wildman–Crippen LogP) is 3.97. The van der Waals surface area contributed by atoms with Crippen LogP contribution in [-0.2, 0) is 0 Å². The summed E-state index contributed by atoms with van der Waals surface area (Å²) in [6, 6.07) is 12.6. The summed E-state index contributed by atoms with van der Waals surface area (Å²) < 4.78 is 2.25. The Morgan fingerprint density at radius 2 is 1.53 bits per heavy atom. The van der Waals surface area contributed by atoms with Crippen LogP contribution in [0.1, 0.15) is 43.6 Å². The monoisotopic (exact) mass is 257 g/mol. The van der Waals surface area contributed by atoms with Crippen LogP contribution in [0.25, 0.3) is 5.69 Å². The van der Waals surface area contributed by atoms with Gasteiger partial charge in [0.15, 0.2) is 0 Å². The lowest BCUT2D eigenvalue weighted by Crippen LogP contribution is -2.27. The van der Waals surface area contributed by atoms with Crippen LogP contribution in [-0.4, -0.2) is 15.3 Å². The molecule has 1 N–H and O–H groups in total. The molecule has 0 aliphatic heterocycles. The summed E-state index contributed by atoms with van der Waals surface area (Å²) >= 11 is 0. The minimum Gasteiger partial charge on any atom is -0.390 e. The molecule has 0 spiro atoms. The zero-order valence-corrected chi connectivity index (χ0v) is 12.4. The molecule has 1 heterocycles. The van der Waals surface area contributed by atoms with E-state index in [2.05, 4.69) is 55.7 Å². The second-order valence-corrected chi connectivity index (χ2v) is 5.89. The molecule has 0 saturated carbocycles. The molecule has 1 aromatic heterocycles. The number of hydrogen-bond acceptors (Lipinski definition) is 1. The Balaban J connectivity index is 2.60. The second kappa shape index (κ2) is 4.86. The van der Waals surface area contributed by atoms with E-state index in [4.69, 9.17) is 0 Å². The fourth-order valence-electron chi connectivity index (χ4n) is 2.49. The van der Waals surface area contributed by atoms with Gasteiger partial charge in [0.1, 0.15) is 0 Å². The van der Waals surface area contributed by atoms with Gasteiger partial charge in [-0.3, -0.25) is 0 Å². The van der Waals surface area contributed by atoms with Crippen molar-refractivity contribution in [2.75, 3.05) is 0 Å². The Bertz CT molecular complexity index is 556. The Labute approximate surface area is 115 Å². The molecule has 0 fully saturated rings. The second-order valence-electron chi connectivity index (χ2n) is 5.89. The highest BCUT2D eigenvalue weighted by Crippen LogP contribution is 2.32. The maximum Gasteiger partial charge on any atom is 0.0658 e. The van der Waals surface area contributed by atoms with Crippen molar-refractivity contribution in [1.29, 1.82) is 0 Å². The Kier molecular flexibility index (Phi) is 3.55. The molecular formula is C17H23NO. The van der Waals surface area contributed by atoms with Crippen LogP contribution in [0.3, 0.4) is 0 Å². The molecule has 0 aliphatic rings. The van der Waals surface area contributed by atoms with Gasteiger partial charge in [-0.15, -0.1) is 0 Å². The van der Waals surface area contributed by atoms with Crippen LogP contribution >= 0.6 is 0 Å². The van der Waals surface area contributed by atoms with Crippen LogP contribution in [0.5, 0.6) is 0 Å². The normalized spacial score (nSPS) is 13.6. The van der Waals surface area contributed by atoms with E-state index < -0.39 is 5.60 Å². The smallest absolute Gasteiger partial charge is 0.0658 e.